The average molecular weight is 368 g/mol. The minimum absolute atomic E-state index is 0.393. The van der Waals surface area contributed by atoms with Crippen LogP contribution >= 0.6 is 0 Å². The molecule has 0 aromatic rings. The SMILES string of the molecule is C=C(/C=C\C(C#CC/C=C\C=C/C)=C/C)C1(NC(=O)OC(C)(C)C)CCC1. The van der Waals surface area contributed by atoms with Crippen LogP contribution in [0.2, 0.25) is 0 Å². The van der Waals surface area contributed by atoms with Crippen LogP contribution in [0.3, 0.4) is 0 Å². The molecule has 0 saturated heterocycles. The molecule has 0 radical (unpaired) electrons. The van der Waals surface area contributed by atoms with Crippen molar-refractivity contribution in [2.45, 2.75) is 71.4 Å². The predicted octanol–water partition coefficient (Wildman–Crippen LogP) is 6.02. The number of allylic oxidation sites excluding steroid dienone is 7. The molecule has 27 heavy (non-hydrogen) atoms. The van der Waals surface area contributed by atoms with Crippen molar-refractivity contribution in [2.24, 2.45) is 0 Å². The Kier molecular flexibility index (Phi) is 8.88. The summed E-state index contributed by atoms with van der Waals surface area (Å²) in [5.74, 6) is 6.29. The van der Waals surface area contributed by atoms with Gasteiger partial charge in [-0.1, -0.05) is 54.9 Å². The van der Waals surface area contributed by atoms with E-state index in [1.54, 1.807) is 0 Å². The van der Waals surface area contributed by atoms with E-state index >= 15 is 0 Å². The Bertz CT molecular complexity index is 699. The number of hydrogen-bond donors (Lipinski definition) is 1. The number of ether oxygens (including phenoxy) is 1. The smallest absolute Gasteiger partial charge is 0.408 e. The van der Waals surface area contributed by atoms with Crippen molar-refractivity contribution in [1.29, 1.82) is 0 Å². The van der Waals surface area contributed by atoms with Crippen LogP contribution in [-0.2, 0) is 4.74 Å². The molecule has 0 atom stereocenters. The van der Waals surface area contributed by atoms with Gasteiger partial charge in [-0.15, -0.1) is 0 Å². The van der Waals surface area contributed by atoms with Crippen molar-refractivity contribution in [3.63, 3.8) is 0 Å². The molecule has 0 heterocycles. The Morgan fingerprint density at radius 3 is 2.44 bits per heavy atom. The second kappa shape index (κ2) is 10.6. The Hall–Kier alpha value is -2.47. The summed E-state index contributed by atoms with van der Waals surface area (Å²) in [5, 5.41) is 3.02. The van der Waals surface area contributed by atoms with Gasteiger partial charge in [0.05, 0.1) is 5.54 Å². The van der Waals surface area contributed by atoms with Gasteiger partial charge in [-0.05, 0) is 65.5 Å². The van der Waals surface area contributed by atoms with Gasteiger partial charge in [0.25, 0.3) is 0 Å². The number of carbonyl (C=O) groups is 1. The van der Waals surface area contributed by atoms with Gasteiger partial charge in [0.15, 0.2) is 0 Å². The fourth-order valence-electron chi connectivity index (χ4n) is 2.59. The molecule has 1 fully saturated rings. The molecule has 3 heteroatoms. The Balaban J connectivity index is 2.70. The van der Waals surface area contributed by atoms with Crippen LogP contribution in [0.15, 0.2) is 60.3 Å². The first-order valence-corrected chi connectivity index (χ1v) is 9.54. The molecule has 1 aliphatic rings. The second-order valence-corrected chi connectivity index (χ2v) is 7.62. The summed E-state index contributed by atoms with van der Waals surface area (Å²) in [5.41, 5.74) is 0.901. The fourth-order valence-corrected chi connectivity index (χ4v) is 2.59. The zero-order chi connectivity index (χ0) is 20.3. The second-order valence-electron chi connectivity index (χ2n) is 7.62. The summed E-state index contributed by atoms with van der Waals surface area (Å²) < 4.78 is 5.40. The zero-order valence-corrected chi connectivity index (χ0v) is 17.4. The Labute approximate surface area is 165 Å². The number of carbonyl (C=O) groups excluding carboxylic acids is 1. The first kappa shape index (κ1) is 22.6. The lowest BCUT2D eigenvalue weighted by molar-refractivity contribution is 0.0425. The fraction of sp³-hybridized carbons (Fsp3) is 0.458. The van der Waals surface area contributed by atoms with Gasteiger partial charge in [0.2, 0.25) is 0 Å². The van der Waals surface area contributed by atoms with Crippen molar-refractivity contribution >= 4 is 6.09 Å². The molecule has 146 valence electrons. The molecular formula is C24H33NO2. The summed E-state index contributed by atoms with van der Waals surface area (Å²) in [6, 6.07) is 0. The maximum atomic E-state index is 12.2. The minimum Gasteiger partial charge on any atom is -0.444 e. The highest BCUT2D eigenvalue weighted by Gasteiger charge is 2.41. The molecule has 0 aromatic heterocycles. The van der Waals surface area contributed by atoms with E-state index in [0.29, 0.717) is 6.42 Å². The van der Waals surface area contributed by atoms with E-state index in [1.165, 1.54) is 0 Å². The van der Waals surface area contributed by atoms with Crippen molar-refractivity contribution < 1.29 is 9.53 Å². The third-order valence-electron chi connectivity index (χ3n) is 4.23. The van der Waals surface area contributed by atoms with Gasteiger partial charge in [-0.2, -0.15) is 0 Å². The molecule has 1 rings (SSSR count). The molecule has 1 amide bonds. The highest BCUT2D eigenvalue weighted by molar-refractivity contribution is 5.70. The van der Waals surface area contributed by atoms with Crippen LogP contribution in [0, 0.1) is 11.8 Å². The lowest BCUT2D eigenvalue weighted by Gasteiger charge is -2.43. The molecule has 1 saturated carbocycles. The lowest BCUT2D eigenvalue weighted by atomic mass is 9.71. The Morgan fingerprint density at radius 2 is 1.93 bits per heavy atom. The number of amides is 1. The van der Waals surface area contributed by atoms with Gasteiger partial charge in [-0.3, -0.25) is 0 Å². The van der Waals surface area contributed by atoms with Crippen molar-refractivity contribution in [1.82, 2.24) is 5.32 Å². The summed E-state index contributed by atoms with van der Waals surface area (Å²) in [7, 11) is 0. The zero-order valence-electron chi connectivity index (χ0n) is 17.4. The average Bonchev–Trinajstić information content (AvgIpc) is 2.55. The summed E-state index contributed by atoms with van der Waals surface area (Å²) in [6.07, 6.45) is 17.0. The van der Waals surface area contributed by atoms with E-state index in [-0.39, 0.29) is 0 Å². The van der Waals surface area contributed by atoms with Crippen molar-refractivity contribution in [3.05, 3.63) is 60.3 Å². The van der Waals surface area contributed by atoms with Gasteiger partial charge in [-0.25, -0.2) is 4.79 Å². The van der Waals surface area contributed by atoms with E-state index in [9.17, 15) is 4.79 Å². The third-order valence-corrected chi connectivity index (χ3v) is 4.23. The van der Waals surface area contributed by atoms with E-state index in [2.05, 4.69) is 23.7 Å². The topological polar surface area (TPSA) is 38.3 Å². The van der Waals surface area contributed by atoms with Crippen LogP contribution in [0.1, 0.15) is 60.3 Å². The number of hydrogen-bond acceptors (Lipinski definition) is 2. The van der Waals surface area contributed by atoms with Gasteiger partial charge in [0, 0.05) is 12.0 Å². The molecule has 0 unspecified atom stereocenters. The summed E-state index contributed by atoms with van der Waals surface area (Å²) in [6.45, 7) is 13.7. The first-order valence-electron chi connectivity index (χ1n) is 9.54. The van der Waals surface area contributed by atoms with Crippen molar-refractivity contribution in [2.75, 3.05) is 0 Å². The lowest BCUT2D eigenvalue weighted by Crippen LogP contribution is -2.55. The quantitative estimate of drug-likeness (QED) is 0.460. The van der Waals surface area contributed by atoms with E-state index in [0.717, 1.165) is 30.4 Å². The van der Waals surface area contributed by atoms with Crippen molar-refractivity contribution in [3.8, 4) is 11.8 Å². The summed E-state index contributed by atoms with van der Waals surface area (Å²) in [4.78, 5) is 12.2. The Morgan fingerprint density at radius 1 is 1.22 bits per heavy atom. The molecule has 0 aliphatic heterocycles. The number of alkyl carbamates (subject to hydrolysis) is 1. The molecule has 3 nitrogen and oxygen atoms in total. The van der Waals surface area contributed by atoms with E-state index < -0.39 is 17.2 Å². The highest BCUT2D eigenvalue weighted by atomic mass is 16.6. The molecule has 1 N–H and O–H groups in total. The summed E-state index contributed by atoms with van der Waals surface area (Å²) >= 11 is 0. The largest absolute Gasteiger partial charge is 0.444 e. The standard InChI is InChI=1S/C24H33NO2/c1-7-9-10-11-12-13-15-21(8-2)17-16-20(3)24(18-14-19-24)25-22(26)27-23(4,5)6/h7-11,16-17H,3,12,14,18-19H2,1-2,4-6H3,(H,25,26)/b9-7-,11-10-,17-16-,21-8-. The highest BCUT2D eigenvalue weighted by Crippen LogP contribution is 2.38. The maximum Gasteiger partial charge on any atom is 0.408 e. The molecule has 1 aliphatic carbocycles. The molecule has 0 bridgehead atoms. The number of rotatable bonds is 6. The minimum atomic E-state index is -0.513. The first-order chi connectivity index (χ1) is 12.7. The predicted molar refractivity (Wildman–Crippen MR) is 114 cm³/mol. The molecule has 0 spiro atoms. The van der Waals surface area contributed by atoms with E-state index in [4.69, 9.17) is 4.74 Å². The van der Waals surface area contributed by atoms with Crippen LogP contribution in [0.4, 0.5) is 4.79 Å². The normalized spacial score (nSPS) is 16.9. The maximum absolute atomic E-state index is 12.2. The van der Waals surface area contributed by atoms with Gasteiger partial charge in [0.1, 0.15) is 5.60 Å². The van der Waals surface area contributed by atoms with Crippen LogP contribution in [-0.4, -0.2) is 17.2 Å². The molecule has 0 aromatic carbocycles. The third kappa shape index (κ3) is 8.17. The van der Waals surface area contributed by atoms with Gasteiger partial charge >= 0.3 is 6.09 Å². The van der Waals surface area contributed by atoms with Crippen LogP contribution < -0.4 is 5.32 Å². The number of nitrogens with one attached hydrogen (secondary N) is 1. The van der Waals surface area contributed by atoms with Crippen LogP contribution in [0.25, 0.3) is 0 Å². The van der Waals surface area contributed by atoms with Crippen LogP contribution in [0.5, 0.6) is 0 Å². The van der Waals surface area contributed by atoms with E-state index in [1.807, 2.05) is 77.2 Å². The molecular weight excluding hydrogens is 334 g/mol. The monoisotopic (exact) mass is 367 g/mol. The van der Waals surface area contributed by atoms with Gasteiger partial charge < -0.3 is 10.1 Å².